The zero-order chi connectivity index (χ0) is 18.3. The van der Waals surface area contributed by atoms with Crippen LogP contribution in [0.1, 0.15) is 17.3 Å². The number of pyridine rings is 1. The van der Waals surface area contributed by atoms with E-state index in [1.165, 1.54) is 0 Å². The van der Waals surface area contributed by atoms with Crippen molar-refractivity contribution >= 4 is 17.5 Å². The van der Waals surface area contributed by atoms with Gasteiger partial charge in [0.2, 0.25) is 0 Å². The molecule has 0 radical (unpaired) electrons. The molecular formula is C15H9F3N4O3. The molecule has 3 rings (SSSR count). The van der Waals surface area contributed by atoms with Crippen LogP contribution in [-0.2, 0) is 4.79 Å². The van der Waals surface area contributed by atoms with E-state index >= 15 is 0 Å². The molecule has 0 fully saturated rings. The topological polar surface area (TPSA) is 99.6 Å². The van der Waals surface area contributed by atoms with Gasteiger partial charge in [-0.2, -0.15) is 5.10 Å². The summed E-state index contributed by atoms with van der Waals surface area (Å²) >= 11 is 0. The van der Waals surface area contributed by atoms with Crippen LogP contribution in [0.4, 0.5) is 13.2 Å². The number of nitrogens with zero attached hydrogens (tertiary/aromatic N) is 3. The van der Waals surface area contributed by atoms with Gasteiger partial charge in [0.15, 0.2) is 23.1 Å². The molecule has 1 amide bonds. The van der Waals surface area contributed by atoms with Gasteiger partial charge in [-0.3, -0.25) is 9.59 Å². The molecule has 1 aromatic carbocycles. The van der Waals surface area contributed by atoms with E-state index in [2.05, 4.69) is 10.1 Å². The first kappa shape index (κ1) is 16.4. The average Bonchev–Trinajstić information content (AvgIpc) is 2.99. The Hall–Kier alpha value is -3.43. The minimum Gasteiger partial charge on any atom is -0.426 e. The van der Waals surface area contributed by atoms with Crippen LogP contribution in [0.3, 0.4) is 0 Å². The number of fused-ring (bicyclic) bond motifs is 1. The lowest BCUT2D eigenvalue weighted by molar-refractivity contribution is -0.131. The summed E-state index contributed by atoms with van der Waals surface area (Å²) in [7, 11) is 0. The van der Waals surface area contributed by atoms with Gasteiger partial charge in [0.1, 0.15) is 17.6 Å². The van der Waals surface area contributed by atoms with E-state index in [-0.39, 0.29) is 28.2 Å². The summed E-state index contributed by atoms with van der Waals surface area (Å²) in [6.45, 7) is 1.09. The molecule has 0 unspecified atom stereocenters. The van der Waals surface area contributed by atoms with Gasteiger partial charge < -0.3 is 10.5 Å². The molecule has 2 heterocycles. The maximum atomic E-state index is 13.6. The summed E-state index contributed by atoms with van der Waals surface area (Å²) < 4.78 is 46.3. The molecule has 0 spiro atoms. The number of hydrogen-bond donors (Lipinski definition) is 1. The highest BCUT2D eigenvalue weighted by molar-refractivity contribution is 6.02. The van der Waals surface area contributed by atoms with Gasteiger partial charge in [-0.1, -0.05) is 0 Å². The summed E-state index contributed by atoms with van der Waals surface area (Å²) in [4.78, 5) is 26.8. The molecular weight excluding hydrogens is 341 g/mol. The largest absolute Gasteiger partial charge is 0.426 e. The van der Waals surface area contributed by atoms with Gasteiger partial charge in [0, 0.05) is 18.6 Å². The highest BCUT2D eigenvalue weighted by atomic mass is 19.2. The Bertz CT molecular complexity index is 1010. The summed E-state index contributed by atoms with van der Waals surface area (Å²) in [5.74, 6) is -6.44. The second-order valence-corrected chi connectivity index (χ2v) is 4.98. The standard InChI is InChI=1S/C15H9F3N4O3/c1-6(23)25-11-4-10(7-2-8(16)13(18)9(17)3-7)22-15(20-5-21-22)12(11)14(19)24/h2-5H,1H3,(H2,19,24). The Morgan fingerprint density at radius 1 is 1.16 bits per heavy atom. The van der Waals surface area contributed by atoms with Crippen molar-refractivity contribution in [2.75, 3.05) is 0 Å². The van der Waals surface area contributed by atoms with E-state index in [0.29, 0.717) is 0 Å². The molecule has 2 N–H and O–H groups in total. The number of amides is 1. The van der Waals surface area contributed by atoms with E-state index in [4.69, 9.17) is 10.5 Å². The fraction of sp³-hybridized carbons (Fsp3) is 0.0667. The minimum atomic E-state index is -1.63. The number of carbonyl (C=O) groups is 2. The van der Waals surface area contributed by atoms with Crippen LogP contribution in [0.25, 0.3) is 16.9 Å². The summed E-state index contributed by atoms with van der Waals surface area (Å²) in [6.07, 6.45) is 1.07. The first-order valence-corrected chi connectivity index (χ1v) is 6.79. The number of nitrogens with two attached hydrogens (primary N) is 1. The number of aromatic nitrogens is 3. The monoisotopic (exact) mass is 350 g/mol. The van der Waals surface area contributed by atoms with E-state index in [1.54, 1.807) is 0 Å². The summed E-state index contributed by atoms with van der Waals surface area (Å²) in [5.41, 5.74) is 4.86. The minimum absolute atomic E-state index is 0.00606. The number of hydrogen-bond acceptors (Lipinski definition) is 5. The van der Waals surface area contributed by atoms with Crippen molar-refractivity contribution in [1.82, 2.24) is 14.6 Å². The van der Waals surface area contributed by atoms with Crippen molar-refractivity contribution in [2.24, 2.45) is 5.73 Å². The summed E-state index contributed by atoms with van der Waals surface area (Å²) in [6, 6.07) is 2.60. The first-order valence-electron chi connectivity index (χ1n) is 6.79. The molecule has 10 heteroatoms. The van der Waals surface area contributed by atoms with Crippen LogP contribution in [0.2, 0.25) is 0 Å². The second kappa shape index (κ2) is 5.89. The SMILES string of the molecule is CC(=O)Oc1cc(-c2cc(F)c(F)c(F)c2)n2ncnc2c1C(N)=O. The normalized spacial score (nSPS) is 10.9. The van der Waals surface area contributed by atoms with Crippen LogP contribution < -0.4 is 10.5 Å². The average molecular weight is 350 g/mol. The highest BCUT2D eigenvalue weighted by Crippen LogP contribution is 2.31. The van der Waals surface area contributed by atoms with Crippen LogP contribution in [0.15, 0.2) is 24.5 Å². The molecule has 2 aromatic heterocycles. The second-order valence-electron chi connectivity index (χ2n) is 4.98. The molecule has 0 atom stereocenters. The Balaban J connectivity index is 2.36. The van der Waals surface area contributed by atoms with Crippen LogP contribution in [0.5, 0.6) is 5.75 Å². The zero-order valence-electron chi connectivity index (χ0n) is 12.6. The molecule has 0 aliphatic carbocycles. The Morgan fingerprint density at radius 2 is 1.80 bits per heavy atom. The molecule has 0 bridgehead atoms. The number of ether oxygens (including phenoxy) is 1. The smallest absolute Gasteiger partial charge is 0.308 e. The van der Waals surface area contributed by atoms with Crippen molar-refractivity contribution in [2.45, 2.75) is 6.92 Å². The third-order valence-electron chi connectivity index (χ3n) is 3.29. The zero-order valence-corrected chi connectivity index (χ0v) is 12.6. The number of carbonyl (C=O) groups excluding carboxylic acids is 2. The predicted molar refractivity (Wildman–Crippen MR) is 78.1 cm³/mol. The number of primary amides is 1. The van der Waals surface area contributed by atoms with Gasteiger partial charge in [0.05, 0.1) is 5.69 Å². The van der Waals surface area contributed by atoms with Gasteiger partial charge in [0.25, 0.3) is 5.91 Å². The fourth-order valence-corrected chi connectivity index (χ4v) is 2.33. The molecule has 0 saturated heterocycles. The lowest BCUT2D eigenvalue weighted by Crippen LogP contribution is -2.17. The van der Waals surface area contributed by atoms with Gasteiger partial charge in [-0.15, -0.1) is 0 Å². The molecule has 3 aromatic rings. The fourth-order valence-electron chi connectivity index (χ4n) is 2.33. The maximum Gasteiger partial charge on any atom is 0.308 e. The van der Waals surface area contributed by atoms with Crippen LogP contribution >= 0.6 is 0 Å². The third kappa shape index (κ3) is 2.77. The molecule has 0 aliphatic rings. The Labute approximate surface area is 137 Å². The van der Waals surface area contributed by atoms with Crippen LogP contribution in [0, 0.1) is 17.5 Å². The van der Waals surface area contributed by atoms with Crippen molar-refractivity contribution in [3.05, 3.63) is 47.5 Å². The van der Waals surface area contributed by atoms with Gasteiger partial charge in [-0.25, -0.2) is 22.7 Å². The van der Waals surface area contributed by atoms with Crippen molar-refractivity contribution in [3.8, 4) is 17.0 Å². The van der Waals surface area contributed by atoms with E-state index in [0.717, 1.165) is 36.0 Å². The van der Waals surface area contributed by atoms with Gasteiger partial charge >= 0.3 is 5.97 Å². The number of halogens is 3. The number of benzene rings is 1. The van der Waals surface area contributed by atoms with E-state index in [9.17, 15) is 22.8 Å². The van der Waals surface area contributed by atoms with Gasteiger partial charge in [-0.05, 0) is 12.1 Å². The quantitative estimate of drug-likeness (QED) is 0.574. The van der Waals surface area contributed by atoms with Crippen LogP contribution in [-0.4, -0.2) is 26.5 Å². The summed E-state index contributed by atoms with van der Waals surface area (Å²) in [5, 5.41) is 3.86. The van der Waals surface area contributed by atoms with Crippen molar-refractivity contribution in [1.29, 1.82) is 0 Å². The Morgan fingerprint density at radius 3 is 2.36 bits per heavy atom. The lowest BCUT2D eigenvalue weighted by atomic mass is 10.1. The molecule has 128 valence electrons. The first-order chi connectivity index (χ1) is 11.8. The third-order valence-corrected chi connectivity index (χ3v) is 3.29. The Kier molecular flexibility index (Phi) is 3.87. The molecule has 25 heavy (non-hydrogen) atoms. The maximum absolute atomic E-state index is 13.6. The van der Waals surface area contributed by atoms with E-state index < -0.39 is 29.3 Å². The predicted octanol–water partition coefficient (Wildman–Crippen LogP) is 1.84. The lowest BCUT2D eigenvalue weighted by Gasteiger charge is -2.12. The molecule has 7 nitrogen and oxygen atoms in total. The number of esters is 1. The molecule has 0 aliphatic heterocycles. The van der Waals surface area contributed by atoms with Crippen molar-refractivity contribution in [3.63, 3.8) is 0 Å². The van der Waals surface area contributed by atoms with Crippen molar-refractivity contribution < 1.29 is 27.5 Å². The molecule has 0 saturated carbocycles. The number of rotatable bonds is 3. The van der Waals surface area contributed by atoms with E-state index in [1.807, 2.05) is 0 Å². The highest BCUT2D eigenvalue weighted by Gasteiger charge is 2.23.